The third-order valence-corrected chi connectivity index (χ3v) is 26.8. The van der Waals surface area contributed by atoms with Gasteiger partial charge in [-0.2, -0.15) is 0 Å². The van der Waals surface area contributed by atoms with Crippen molar-refractivity contribution < 1.29 is 0 Å². The lowest BCUT2D eigenvalue weighted by Crippen LogP contribution is -2.74. The van der Waals surface area contributed by atoms with E-state index in [0.29, 0.717) is 0 Å². The molecule has 0 N–H and O–H groups in total. The van der Waals surface area contributed by atoms with E-state index < -0.39 is 16.1 Å². The predicted octanol–water partition coefficient (Wildman–Crippen LogP) is 14.0. The Hall–Kier alpha value is -10.1. The van der Waals surface area contributed by atoms with Crippen molar-refractivity contribution in [3.05, 3.63) is 340 Å². The van der Waals surface area contributed by atoms with Crippen LogP contribution in [0.15, 0.2) is 340 Å². The zero-order chi connectivity index (χ0) is 54.5. The Balaban J connectivity index is 0.986. The standard InChI is InChI=1S/C78H56N2Si2/c1-8-27-57(28-9-1)58-49-52-67(53-50-58)81(62-32-12-3-13-33-62,63-34-14-4-15-35-63)68-42-24-31-60(55-68)79-73-54-51-61(56-71(73)77-69(44-25-46-74(77)79)59-29-10-2-11-30-59)80-72-45-23-22-43-70(72)78-75(80)47-26-48-76(78)82(64-36-16-5-17-37-64,65-38-18-6-19-39-65)66-40-20-7-21-41-66/h1-56H. The van der Waals surface area contributed by atoms with Crippen LogP contribution in [0.1, 0.15) is 0 Å². The molecule has 0 bridgehead atoms. The van der Waals surface area contributed by atoms with Crippen molar-refractivity contribution >= 4 is 101 Å². The van der Waals surface area contributed by atoms with E-state index in [4.69, 9.17) is 0 Å². The fourth-order valence-corrected chi connectivity index (χ4v) is 23.5. The van der Waals surface area contributed by atoms with Gasteiger partial charge in [-0.3, -0.25) is 0 Å². The number of aromatic nitrogens is 2. The van der Waals surface area contributed by atoms with E-state index in [2.05, 4.69) is 349 Å². The Labute approximate surface area is 480 Å². The minimum atomic E-state index is -2.96. The topological polar surface area (TPSA) is 9.86 Å². The molecule has 4 heteroatoms. The van der Waals surface area contributed by atoms with E-state index in [1.165, 1.54) is 102 Å². The fraction of sp³-hybridized carbons (Fsp3) is 0. The molecule has 15 aromatic rings. The average Bonchev–Trinajstić information content (AvgIpc) is 2.25. The first kappa shape index (κ1) is 49.0. The molecule has 0 atom stereocenters. The molecule has 0 saturated heterocycles. The molecule has 386 valence electrons. The maximum atomic E-state index is 2.53. The number of hydrogen-bond donors (Lipinski definition) is 0. The molecule has 0 saturated carbocycles. The van der Waals surface area contributed by atoms with E-state index in [-0.39, 0.29) is 0 Å². The summed E-state index contributed by atoms with van der Waals surface area (Å²) in [5.74, 6) is 0. The van der Waals surface area contributed by atoms with Gasteiger partial charge in [0.05, 0.1) is 22.1 Å². The molecule has 2 aromatic heterocycles. The smallest absolute Gasteiger partial charge is 0.180 e. The number of rotatable bonds is 12. The molecule has 0 aliphatic rings. The Morgan fingerprint density at radius 2 is 0.598 bits per heavy atom. The second-order valence-electron chi connectivity index (χ2n) is 21.5. The van der Waals surface area contributed by atoms with E-state index in [1.54, 1.807) is 0 Å². The van der Waals surface area contributed by atoms with Gasteiger partial charge < -0.3 is 9.13 Å². The van der Waals surface area contributed by atoms with Crippen LogP contribution in [0.5, 0.6) is 0 Å². The van der Waals surface area contributed by atoms with Gasteiger partial charge in [-0.15, -0.1) is 0 Å². The molecule has 0 aliphatic carbocycles. The monoisotopic (exact) mass is 1080 g/mol. The summed E-state index contributed by atoms with van der Waals surface area (Å²) in [7, 11) is -5.90. The molecule has 0 radical (unpaired) electrons. The van der Waals surface area contributed by atoms with Gasteiger partial charge in [-0.25, -0.2) is 0 Å². The average molecular weight is 1080 g/mol. The highest BCUT2D eigenvalue weighted by atomic mass is 28.3. The summed E-state index contributed by atoms with van der Waals surface area (Å²) in [6.07, 6.45) is 0. The summed E-state index contributed by atoms with van der Waals surface area (Å²) in [4.78, 5) is 0. The SMILES string of the molecule is c1ccc(-c2ccc([Si](c3ccccc3)(c3ccccc3)c3cccc(-n4c5ccc(-n6c7ccccc7c7c([Si](c8ccccc8)(c8ccccc8)c8ccccc8)cccc76)cc5c5c(-c6ccccc6)cccc54)c3)cc2)cc1. The molecule has 0 fully saturated rings. The van der Waals surface area contributed by atoms with Gasteiger partial charge in [-0.1, -0.05) is 291 Å². The molecule has 0 aliphatic heterocycles. The zero-order valence-electron chi connectivity index (χ0n) is 45.2. The van der Waals surface area contributed by atoms with E-state index >= 15 is 0 Å². The number of para-hydroxylation sites is 1. The first-order chi connectivity index (χ1) is 40.7. The van der Waals surface area contributed by atoms with Crippen LogP contribution in [-0.4, -0.2) is 25.3 Å². The minimum absolute atomic E-state index is 1.12. The lowest BCUT2D eigenvalue weighted by atomic mass is 9.99. The van der Waals surface area contributed by atoms with Crippen LogP contribution in [0.4, 0.5) is 0 Å². The van der Waals surface area contributed by atoms with Crippen LogP contribution in [0, 0.1) is 0 Å². The van der Waals surface area contributed by atoms with Gasteiger partial charge in [0.15, 0.2) is 16.1 Å². The van der Waals surface area contributed by atoms with E-state index in [0.717, 1.165) is 16.9 Å². The van der Waals surface area contributed by atoms with Crippen LogP contribution in [0.25, 0.3) is 77.2 Å². The van der Waals surface area contributed by atoms with Crippen molar-refractivity contribution in [1.29, 1.82) is 0 Å². The molecule has 0 unspecified atom stereocenters. The highest BCUT2D eigenvalue weighted by molar-refractivity contribution is 7.21. The Morgan fingerprint density at radius 1 is 0.207 bits per heavy atom. The van der Waals surface area contributed by atoms with Gasteiger partial charge in [0.25, 0.3) is 0 Å². The molecule has 0 amide bonds. The number of nitrogens with zero attached hydrogens (tertiary/aromatic N) is 2. The Morgan fingerprint density at radius 3 is 1.16 bits per heavy atom. The number of benzene rings is 13. The third-order valence-electron chi connectivity index (χ3n) is 17.2. The highest BCUT2D eigenvalue weighted by Crippen LogP contribution is 2.41. The van der Waals surface area contributed by atoms with Gasteiger partial charge in [-0.05, 0) is 112 Å². The number of fused-ring (bicyclic) bond motifs is 6. The first-order valence-electron chi connectivity index (χ1n) is 28.4. The van der Waals surface area contributed by atoms with Crippen LogP contribution >= 0.6 is 0 Å². The zero-order valence-corrected chi connectivity index (χ0v) is 47.2. The van der Waals surface area contributed by atoms with E-state index in [1.807, 2.05) is 0 Å². The van der Waals surface area contributed by atoms with Gasteiger partial charge in [0, 0.05) is 32.9 Å². The lowest BCUT2D eigenvalue weighted by Gasteiger charge is -2.35. The predicted molar refractivity (Wildman–Crippen MR) is 353 cm³/mol. The van der Waals surface area contributed by atoms with Gasteiger partial charge in [0.2, 0.25) is 0 Å². The van der Waals surface area contributed by atoms with Crippen LogP contribution in [0.2, 0.25) is 0 Å². The lowest BCUT2D eigenvalue weighted by molar-refractivity contribution is 1.17. The molecule has 13 aromatic carbocycles. The second-order valence-corrected chi connectivity index (χ2v) is 29.1. The summed E-state index contributed by atoms with van der Waals surface area (Å²) >= 11 is 0. The normalized spacial score (nSPS) is 11.9. The van der Waals surface area contributed by atoms with Crippen molar-refractivity contribution in [3.8, 4) is 33.6 Å². The summed E-state index contributed by atoms with van der Waals surface area (Å²) in [5, 5.41) is 15.8. The molecule has 15 rings (SSSR count). The molecule has 82 heavy (non-hydrogen) atoms. The van der Waals surface area contributed by atoms with Crippen molar-refractivity contribution in [2.45, 2.75) is 0 Å². The first-order valence-corrected chi connectivity index (χ1v) is 32.4. The fourth-order valence-electron chi connectivity index (χ4n) is 13.8. The Kier molecular flexibility index (Phi) is 12.3. The summed E-state index contributed by atoms with van der Waals surface area (Å²) in [5.41, 5.74) is 11.8. The van der Waals surface area contributed by atoms with Crippen molar-refractivity contribution in [2.24, 2.45) is 0 Å². The quantitative estimate of drug-likeness (QED) is 0.0852. The maximum Gasteiger partial charge on any atom is 0.180 e. The van der Waals surface area contributed by atoms with Gasteiger partial charge in [0.1, 0.15) is 0 Å². The largest absolute Gasteiger partial charge is 0.309 e. The van der Waals surface area contributed by atoms with Crippen LogP contribution < -0.4 is 41.5 Å². The van der Waals surface area contributed by atoms with Crippen LogP contribution in [0.3, 0.4) is 0 Å². The van der Waals surface area contributed by atoms with Crippen molar-refractivity contribution in [1.82, 2.24) is 9.13 Å². The highest BCUT2D eigenvalue weighted by Gasteiger charge is 2.44. The summed E-state index contributed by atoms with van der Waals surface area (Å²) < 4.78 is 5.06. The van der Waals surface area contributed by atoms with Crippen LogP contribution in [-0.2, 0) is 0 Å². The maximum absolute atomic E-state index is 2.96. The molecule has 0 spiro atoms. The van der Waals surface area contributed by atoms with Crippen molar-refractivity contribution in [3.63, 3.8) is 0 Å². The molecular weight excluding hydrogens is 1020 g/mol. The van der Waals surface area contributed by atoms with Crippen molar-refractivity contribution in [2.75, 3.05) is 0 Å². The van der Waals surface area contributed by atoms with Gasteiger partial charge >= 0.3 is 0 Å². The molecule has 2 heterocycles. The summed E-state index contributed by atoms with van der Waals surface area (Å²) in [6, 6.07) is 127. The molecular formula is C78H56N2Si2. The number of hydrogen-bond acceptors (Lipinski definition) is 0. The minimum Gasteiger partial charge on any atom is -0.309 e. The third kappa shape index (κ3) is 7.83. The van der Waals surface area contributed by atoms with E-state index in [9.17, 15) is 0 Å². The molecule has 2 nitrogen and oxygen atoms in total. The Bertz CT molecular complexity index is 4620. The second kappa shape index (κ2) is 20.5. The summed E-state index contributed by atoms with van der Waals surface area (Å²) in [6.45, 7) is 0.